The lowest BCUT2D eigenvalue weighted by Crippen LogP contribution is -2.47. The van der Waals surface area contributed by atoms with Gasteiger partial charge in [0, 0.05) is 67.3 Å². The molecule has 3 aromatic carbocycles. The molecular formula is C30H35BrN4O4. The van der Waals surface area contributed by atoms with Crippen LogP contribution in [0.1, 0.15) is 34.1 Å². The fourth-order valence-corrected chi connectivity index (χ4v) is 5.00. The Morgan fingerprint density at radius 1 is 0.897 bits per heavy atom. The van der Waals surface area contributed by atoms with Crippen LogP contribution in [0, 0.1) is 0 Å². The highest BCUT2D eigenvalue weighted by atomic mass is 79.9. The molecule has 0 bridgehead atoms. The molecule has 206 valence electrons. The van der Waals surface area contributed by atoms with Crippen molar-refractivity contribution < 1.29 is 19.1 Å². The zero-order valence-electron chi connectivity index (χ0n) is 22.4. The Morgan fingerprint density at radius 2 is 1.64 bits per heavy atom. The summed E-state index contributed by atoms with van der Waals surface area (Å²) in [7, 11) is 1.69. The third kappa shape index (κ3) is 7.52. The van der Waals surface area contributed by atoms with Crippen LogP contribution < -0.4 is 25.2 Å². The van der Waals surface area contributed by atoms with Crippen molar-refractivity contribution in [2.75, 3.05) is 68.2 Å². The zero-order chi connectivity index (χ0) is 27.6. The van der Waals surface area contributed by atoms with Crippen molar-refractivity contribution in [3.05, 3.63) is 82.3 Å². The lowest BCUT2D eigenvalue weighted by molar-refractivity contribution is 0.0943. The highest BCUT2D eigenvalue weighted by Gasteiger charge is 2.24. The van der Waals surface area contributed by atoms with Crippen LogP contribution in [0.5, 0.6) is 5.75 Å². The number of halogens is 1. The minimum absolute atomic E-state index is 0.174. The van der Waals surface area contributed by atoms with Crippen LogP contribution in [0.3, 0.4) is 0 Å². The number of benzene rings is 3. The molecule has 1 aliphatic heterocycles. The van der Waals surface area contributed by atoms with Crippen LogP contribution in [0.2, 0.25) is 0 Å². The molecule has 0 unspecified atom stereocenters. The Balaban J connectivity index is 1.51. The summed E-state index contributed by atoms with van der Waals surface area (Å²) in [5, 5.41) is 5.95. The van der Waals surface area contributed by atoms with Gasteiger partial charge in [-0.3, -0.25) is 9.59 Å². The lowest BCUT2D eigenvalue weighted by atomic mass is 10.1. The Morgan fingerprint density at radius 3 is 2.36 bits per heavy atom. The maximum atomic E-state index is 13.3. The van der Waals surface area contributed by atoms with Crippen LogP contribution in [0.4, 0.5) is 17.1 Å². The number of rotatable bonds is 11. The van der Waals surface area contributed by atoms with Gasteiger partial charge in [0.05, 0.1) is 18.4 Å². The monoisotopic (exact) mass is 594 g/mol. The summed E-state index contributed by atoms with van der Waals surface area (Å²) in [6, 6.07) is 20.7. The largest absolute Gasteiger partial charge is 0.495 e. The Hall–Kier alpha value is -3.56. The van der Waals surface area contributed by atoms with Gasteiger partial charge in [-0.2, -0.15) is 0 Å². The second-order valence-corrected chi connectivity index (χ2v) is 10.1. The molecule has 4 rings (SSSR count). The van der Waals surface area contributed by atoms with Gasteiger partial charge in [-0.25, -0.2) is 0 Å². The second-order valence-electron chi connectivity index (χ2n) is 9.15. The van der Waals surface area contributed by atoms with Gasteiger partial charge < -0.3 is 29.9 Å². The summed E-state index contributed by atoms with van der Waals surface area (Å²) >= 11 is 3.41. The molecule has 1 aliphatic rings. The van der Waals surface area contributed by atoms with Gasteiger partial charge in [-0.1, -0.05) is 34.1 Å². The molecule has 0 radical (unpaired) electrons. The fourth-order valence-electron chi connectivity index (χ4n) is 4.60. The van der Waals surface area contributed by atoms with E-state index in [9.17, 15) is 9.59 Å². The van der Waals surface area contributed by atoms with Crippen molar-refractivity contribution in [3.63, 3.8) is 0 Å². The maximum Gasteiger partial charge on any atom is 0.255 e. The van der Waals surface area contributed by atoms with Crippen LogP contribution in [-0.4, -0.2) is 64.9 Å². The average Bonchev–Trinajstić information content (AvgIpc) is 2.97. The number of hydrogen-bond donors (Lipinski definition) is 2. The molecule has 0 spiro atoms. The molecule has 3 aromatic rings. The molecule has 0 atom stereocenters. The standard InChI is InChI=1S/C30H35BrN4O4/c1-3-39-19-7-14-32-30(37)25-21-24(33-29(36)22-8-6-9-23(31)20-22)12-13-26(25)34-15-17-35(18-16-34)27-10-4-5-11-28(27)38-2/h4-6,8-13,20-21H,3,7,14-19H2,1-2H3,(H,32,37)(H,33,36). The van der Waals surface area contributed by atoms with Gasteiger partial charge in [-0.05, 0) is 61.9 Å². The first-order valence-corrected chi connectivity index (χ1v) is 14.0. The molecule has 0 aliphatic carbocycles. The smallest absolute Gasteiger partial charge is 0.255 e. The third-order valence-corrected chi connectivity index (χ3v) is 7.08. The summed E-state index contributed by atoms with van der Waals surface area (Å²) in [5.74, 6) is 0.438. The van der Waals surface area contributed by atoms with E-state index >= 15 is 0 Å². The number of ether oxygens (including phenoxy) is 2. The first-order valence-electron chi connectivity index (χ1n) is 13.2. The summed E-state index contributed by atoms with van der Waals surface area (Å²) in [5.41, 5.74) is 3.54. The Bertz CT molecular complexity index is 1280. The van der Waals surface area contributed by atoms with Gasteiger partial charge in [0.15, 0.2) is 0 Å². The van der Waals surface area contributed by atoms with E-state index in [2.05, 4.69) is 42.4 Å². The molecule has 1 saturated heterocycles. The van der Waals surface area contributed by atoms with Crippen LogP contribution >= 0.6 is 15.9 Å². The van der Waals surface area contributed by atoms with Crippen molar-refractivity contribution in [2.45, 2.75) is 13.3 Å². The number of methoxy groups -OCH3 is 1. The minimum Gasteiger partial charge on any atom is -0.495 e. The van der Waals surface area contributed by atoms with E-state index in [1.807, 2.05) is 49.4 Å². The number of para-hydroxylation sites is 2. The highest BCUT2D eigenvalue weighted by Crippen LogP contribution is 2.31. The highest BCUT2D eigenvalue weighted by molar-refractivity contribution is 9.10. The van der Waals surface area contributed by atoms with E-state index in [-0.39, 0.29) is 11.8 Å². The number of piperazine rings is 1. The van der Waals surface area contributed by atoms with Gasteiger partial charge >= 0.3 is 0 Å². The predicted molar refractivity (Wildman–Crippen MR) is 159 cm³/mol. The number of carbonyl (C=O) groups is 2. The Labute approximate surface area is 238 Å². The lowest BCUT2D eigenvalue weighted by Gasteiger charge is -2.38. The van der Waals surface area contributed by atoms with Crippen molar-refractivity contribution in [1.82, 2.24) is 5.32 Å². The van der Waals surface area contributed by atoms with E-state index in [1.54, 1.807) is 25.3 Å². The minimum atomic E-state index is -0.238. The molecule has 2 N–H and O–H groups in total. The fraction of sp³-hybridized carbons (Fsp3) is 0.333. The van der Waals surface area contributed by atoms with Gasteiger partial charge in [-0.15, -0.1) is 0 Å². The van der Waals surface area contributed by atoms with Gasteiger partial charge in [0.2, 0.25) is 0 Å². The number of hydrogen-bond acceptors (Lipinski definition) is 6. The molecule has 9 heteroatoms. The zero-order valence-corrected chi connectivity index (χ0v) is 24.0. The van der Waals surface area contributed by atoms with Crippen molar-refractivity contribution in [3.8, 4) is 5.75 Å². The van der Waals surface area contributed by atoms with Crippen molar-refractivity contribution in [1.29, 1.82) is 0 Å². The first kappa shape index (κ1) is 28.4. The summed E-state index contributed by atoms with van der Waals surface area (Å²) in [6.07, 6.45) is 0.728. The molecule has 0 saturated carbocycles. The topological polar surface area (TPSA) is 83.1 Å². The number of amides is 2. The predicted octanol–water partition coefficient (Wildman–Crippen LogP) is 5.19. The summed E-state index contributed by atoms with van der Waals surface area (Å²) in [6.45, 7) is 6.77. The molecule has 39 heavy (non-hydrogen) atoms. The SMILES string of the molecule is CCOCCCNC(=O)c1cc(NC(=O)c2cccc(Br)c2)ccc1N1CCN(c2ccccc2OC)CC1. The van der Waals surface area contributed by atoms with E-state index in [0.29, 0.717) is 36.6 Å². The molecule has 1 heterocycles. The van der Waals surface area contributed by atoms with Gasteiger partial charge in [0.25, 0.3) is 11.8 Å². The molecular weight excluding hydrogens is 560 g/mol. The molecule has 1 fully saturated rings. The Kier molecular flexibility index (Phi) is 10.2. The normalized spacial score (nSPS) is 13.2. The quantitative estimate of drug-likeness (QED) is 0.297. The van der Waals surface area contributed by atoms with Crippen molar-refractivity contribution in [2.24, 2.45) is 0 Å². The maximum absolute atomic E-state index is 13.3. The molecule has 8 nitrogen and oxygen atoms in total. The van der Waals surface area contributed by atoms with Crippen LogP contribution in [0.15, 0.2) is 71.2 Å². The number of anilines is 3. The van der Waals surface area contributed by atoms with Crippen molar-refractivity contribution >= 4 is 44.8 Å². The summed E-state index contributed by atoms with van der Waals surface area (Å²) < 4.78 is 11.8. The van der Waals surface area contributed by atoms with Crippen LogP contribution in [-0.2, 0) is 4.74 Å². The van der Waals surface area contributed by atoms with E-state index < -0.39 is 0 Å². The number of carbonyl (C=O) groups excluding carboxylic acids is 2. The number of nitrogens with zero attached hydrogens (tertiary/aromatic N) is 2. The van der Waals surface area contributed by atoms with Crippen LogP contribution in [0.25, 0.3) is 0 Å². The van der Waals surface area contributed by atoms with E-state index in [0.717, 1.165) is 54.2 Å². The number of nitrogens with one attached hydrogen (secondary N) is 2. The van der Waals surface area contributed by atoms with E-state index in [1.165, 1.54) is 0 Å². The first-order chi connectivity index (χ1) is 19.0. The molecule has 0 aromatic heterocycles. The molecule has 2 amide bonds. The third-order valence-electron chi connectivity index (χ3n) is 6.59. The summed E-state index contributed by atoms with van der Waals surface area (Å²) in [4.78, 5) is 30.7. The van der Waals surface area contributed by atoms with Gasteiger partial charge in [0.1, 0.15) is 5.75 Å². The average molecular weight is 596 g/mol. The second kappa shape index (κ2) is 14.0. The van der Waals surface area contributed by atoms with E-state index in [4.69, 9.17) is 9.47 Å².